The largest absolute Gasteiger partial charge is 0.497 e. The quantitative estimate of drug-likeness (QED) is 0.702. The van der Waals surface area contributed by atoms with Gasteiger partial charge >= 0.3 is 0 Å². The average molecular weight is 383 g/mol. The smallest absolute Gasteiger partial charge is 0.258 e. The first-order valence-corrected chi connectivity index (χ1v) is 8.39. The van der Waals surface area contributed by atoms with Crippen molar-refractivity contribution < 1.29 is 9.53 Å². The third-order valence-electron chi connectivity index (χ3n) is 4.25. The molecule has 0 aliphatic carbocycles. The number of rotatable bonds is 2. The van der Waals surface area contributed by atoms with Crippen LogP contribution in [0.25, 0.3) is 11.3 Å². The van der Waals surface area contributed by atoms with Gasteiger partial charge in [0, 0.05) is 11.1 Å². The summed E-state index contributed by atoms with van der Waals surface area (Å²) in [6, 6.07) is 17.3. The summed E-state index contributed by atoms with van der Waals surface area (Å²) in [5, 5.41) is 0. The molecule has 2 aromatic carbocycles. The van der Waals surface area contributed by atoms with Gasteiger partial charge in [-0.3, -0.25) is 4.79 Å². The SMILES string of the molecule is COc1ccc(C(=O)N2Cc3ccccc3-c3[nH]c(Br)cc32)cc1. The number of carbonyl (C=O) groups is 1. The molecule has 1 aromatic heterocycles. The minimum absolute atomic E-state index is 0.0279. The number of hydrogen-bond donors (Lipinski definition) is 1. The number of aromatic amines is 1. The summed E-state index contributed by atoms with van der Waals surface area (Å²) in [5.41, 5.74) is 4.75. The van der Waals surface area contributed by atoms with E-state index in [2.05, 4.69) is 33.0 Å². The van der Waals surface area contributed by atoms with Crippen LogP contribution in [-0.2, 0) is 6.54 Å². The second kappa shape index (κ2) is 5.83. The molecule has 1 aliphatic rings. The maximum Gasteiger partial charge on any atom is 0.258 e. The third-order valence-corrected chi connectivity index (χ3v) is 4.68. The van der Waals surface area contributed by atoms with Crippen molar-refractivity contribution in [3.8, 4) is 17.0 Å². The fourth-order valence-electron chi connectivity index (χ4n) is 3.06. The number of carbonyl (C=O) groups excluding carboxylic acids is 1. The lowest BCUT2D eigenvalue weighted by molar-refractivity contribution is 0.0985. The molecule has 4 nitrogen and oxygen atoms in total. The fraction of sp³-hybridized carbons (Fsp3) is 0.105. The Bertz CT molecular complexity index is 915. The first-order chi connectivity index (χ1) is 11.7. The maximum absolute atomic E-state index is 13.0. The Hall–Kier alpha value is -2.53. The molecule has 0 unspecified atom stereocenters. The summed E-state index contributed by atoms with van der Waals surface area (Å²) in [7, 11) is 1.61. The molecule has 2 heterocycles. The lowest BCUT2D eigenvalue weighted by atomic mass is 9.98. The Morgan fingerprint density at radius 2 is 1.92 bits per heavy atom. The molecule has 5 heteroatoms. The van der Waals surface area contributed by atoms with Crippen LogP contribution in [0.1, 0.15) is 15.9 Å². The van der Waals surface area contributed by atoms with Gasteiger partial charge in [0.15, 0.2) is 0 Å². The van der Waals surface area contributed by atoms with Crippen LogP contribution < -0.4 is 9.64 Å². The van der Waals surface area contributed by atoms with E-state index < -0.39 is 0 Å². The molecule has 24 heavy (non-hydrogen) atoms. The summed E-state index contributed by atoms with van der Waals surface area (Å²) in [5.74, 6) is 0.709. The van der Waals surface area contributed by atoms with E-state index in [4.69, 9.17) is 4.74 Å². The molecule has 120 valence electrons. The highest BCUT2D eigenvalue weighted by Crippen LogP contribution is 2.40. The zero-order valence-electron chi connectivity index (χ0n) is 13.0. The maximum atomic E-state index is 13.0. The molecule has 1 aliphatic heterocycles. The van der Waals surface area contributed by atoms with Crippen LogP contribution in [0.5, 0.6) is 5.75 Å². The van der Waals surface area contributed by atoms with Crippen molar-refractivity contribution in [2.45, 2.75) is 6.54 Å². The topological polar surface area (TPSA) is 45.3 Å². The predicted molar refractivity (Wildman–Crippen MR) is 97.4 cm³/mol. The van der Waals surface area contributed by atoms with E-state index in [1.807, 2.05) is 18.2 Å². The van der Waals surface area contributed by atoms with Crippen molar-refractivity contribution >= 4 is 27.5 Å². The molecule has 3 aromatic rings. The fourth-order valence-corrected chi connectivity index (χ4v) is 3.47. The van der Waals surface area contributed by atoms with Crippen LogP contribution in [-0.4, -0.2) is 18.0 Å². The van der Waals surface area contributed by atoms with Crippen molar-refractivity contribution in [3.05, 3.63) is 70.3 Å². The van der Waals surface area contributed by atoms with Gasteiger partial charge in [0.2, 0.25) is 0 Å². The summed E-state index contributed by atoms with van der Waals surface area (Å²) in [6.45, 7) is 0.554. The number of nitrogens with zero attached hydrogens (tertiary/aromatic N) is 1. The molecule has 0 fully saturated rings. The molecule has 0 atom stereocenters. The average Bonchev–Trinajstić information content (AvgIpc) is 3.02. The van der Waals surface area contributed by atoms with Crippen molar-refractivity contribution in [2.24, 2.45) is 0 Å². The van der Waals surface area contributed by atoms with Crippen LogP contribution in [0.15, 0.2) is 59.2 Å². The van der Waals surface area contributed by atoms with E-state index in [9.17, 15) is 4.79 Å². The lowest BCUT2D eigenvalue weighted by Gasteiger charge is -2.29. The molecular weight excluding hydrogens is 368 g/mol. The number of H-pyrrole nitrogens is 1. The highest BCUT2D eigenvalue weighted by Gasteiger charge is 2.28. The van der Waals surface area contributed by atoms with Crippen molar-refractivity contribution in [3.63, 3.8) is 0 Å². The molecule has 1 amide bonds. The normalized spacial score (nSPS) is 12.5. The van der Waals surface area contributed by atoms with Gasteiger partial charge in [0.1, 0.15) is 5.75 Å². The number of halogens is 1. The first kappa shape index (κ1) is 15.0. The lowest BCUT2D eigenvalue weighted by Crippen LogP contribution is -2.32. The highest BCUT2D eigenvalue weighted by atomic mass is 79.9. The van der Waals surface area contributed by atoms with Gasteiger partial charge in [-0.2, -0.15) is 0 Å². The Morgan fingerprint density at radius 3 is 2.67 bits per heavy atom. The third kappa shape index (κ3) is 2.41. The van der Waals surface area contributed by atoms with E-state index in [1.165, 1.54) is 0 Å². The van der Waals surface area contributed by atoms with Gasteiger partial charge < -0.3 is 14.6 Å². The van der Waals surface area contributed by atoms with Crippen molar-refractivity contribution in [2.75, 3.05) is 12.0 Å². The number of hydrogen-bond acceptors (Lipinski definition) is 2. The zero-order valence-corrected chi connectivity index (χ0v) is 14.6. The number of nitrogens with one attached hydrogen (secondary N) is 1. The van der Waals surface area contributed by atoms with Crippen LogP contribution in [0.3, 0.4) is 0 Å². The number of amides is 1. The Morgan fingerprint density at radius 1 is 1.17 bits per heavy atom. The van der Waals surface area contributed by atoms with Crippen LogP contribution in [0.2, 0.25) is 0 Å². The summed E-state index contributed by atoms with van der Waals surface area (Å²) >= 11 is 3.49. The minimum atomic E-state index is -0.0279. The van der Waals surface area contributed by atoms with Gasteiger partial charge in [0.25, 0.3) is 5.91 Å². The van der Waals surface area contributed by atoms with E-state index >= 15 is 0 Å². The van der Waals surface area contributed by atoms with E-state index in [1.54, 1.807) is 36.3 Å². The van der Waals surface area contributed by atoms with Crippen LogP contribution in [0.4, 0.5) is 5.69 Å². The van der Waals surface area contributed by atoms with E-state index in [0.717, 1.165) is 32.9 Å². The molecule has 0 saturated heterocycles. The van der Waals surface area contributed by atoms with Crippen LogP contribution >= 0.6 is 15.9 Å². The first-order valence-electron chi connectivity index (χ1n) is 7.60. The number of aromatic nitrogens is 1. The zero-order chi connectivity index (χ0) is 16.7. The highest BCUT2D eigenvalue weighted by molar-refractivity contribution is 9.10. The molecule has 4 rings (SSSR count). The van der Waals surface area contributed by atoms with Gasteiger partial charge in [-0.1, -0.05) is 24.3 Å². The number of benzene rings is 2. The Kier molecular flexibility index (Phi) is 3.65. The predicted octanol–water partition coefficient (Wildman–Crippen LogP) is 4.61. The number of methoxy groups -OCH3 is 1. The van der Waals surface area contributed by atoms with Gasteiger partial charge in [-0.05, 0) is 51.8 Å². The standard InChI is InChI=1S/C19H15BrN2O2/c1-24-14-8-6-12(7-9-14)19(23)22-11-13-4-2-3-5-15(13)18-16(22)10-17(20)21-18/h2-10,21H,11H2,1H3. The minimum Gasteiger partial charge on any atom is -0.497 e. The monoisotopic (exact) mass is 382 g/mol. The number of fused-ring (bicyclic) bond motifs is 3. The summed E-state index contributed by atoms with van der Waals surface area (Å²) in [6.07, 6.45) is 0. The molecule has 0 saturated carbocycles. The van der Waals surface area contributed by atoms with Gasteiger partial charge in [-0.25, -0.2) is 0 Å². The molecule has 0 bridgehead atoms. The Labute approximate surface area is 148 Å². The summed E-state index contributed by atoms with van der Waals surface area (Å²) in [4.78, 5) is 18.2. The Balaban J connectivity index is 1.77. The summed E-state index contributed by atoms with van der Waals surface area (Å²) < 4.78 is 6.02. The second-order valence-electron chi connectivity index (χ2n) is 5.65. The van der Waals surface area contributed by atoms with Crippen LogP contribution in [0, 0.1) is 0 Å². The van der Waals surface area contributed by atoms with E-state index in [-0.39, 0.29) is 5.91 Å². The second-order valence-corrected chi connectivity index (χ2v) is 6.51. The molecule has 1 N–H and O–H groups in total. The molecule has 0 spiro atoms. The van der Waals surface area contributed by atoms with Gasteiger partial charge in [-0.15, -0.1) is 0 Å². The number of ether oxygens (including phenoxy) is 1. The van der Waals surface area contributed by atoms with E-state index in [0.29, 0.717) is 12.1 Å². The van der Waals surface area contributed by atoms with Gasteiger partial charge in [0.05, 0.1) is 29.6 Å². The van der Waals surface area contributed by atoms with Crippen molar-refractivity contribution in [1.82, 2.24) is 4.98 Å². The van der Waals surface area contributed by atoms with Crippen molar-refractivity contribution in [1.29, 1.82) is 0 Å². The molecular formula is C19H15BrN2O2. The number of anilines is 1. The molecule has 0 radical (unpaired) electrons.